The Balaban J connectivity index is 1.86. The lowest BCUT2D eigenvalue weighted by atomic mass is 9.86. The molecular weight excluding hydrogens is 354 g/mol. The molecule has 0 aliphatic rings. The van der Waals surface area contributed by atoms with E-state index >= 15 is 0 Å². The molecule has 0 aliphatic heterocycles. The average Bonchev–Trinajstić information content (AvgIpc) is 2.64. The second-order valence-corrected chi connectivity index (χ2v) is 7.62. The van der Waals surface area contributed by atoms with E-state index in [4.69, 9.17) is 14.7 Å². The molecule has 5 nitrogen and oxygen atoms in total. The van der Waals surface area contributed by atoms with Crippen LogP contribution in [0.1, 0.15) is 50.8 Å². The third kappa shape index (κ3) is 6.72. The van der Waals surface area contributed by atoms with E-state index in [1.54, 1.807) is 24.3 Å². The summed E-state index contributed by atoms with van der Waals surface area (Å²) >= 11 is 0. The van der Waals surface area contributed by atoms with E-state index in [-0.39, 0.29) is 11.8 Å². The number of carbonyl (C=O) groups is 1. The second kappa shape index (κ2) is 9.93. The van der Waals surface area contributed by atoms with Crippen LogP contribution < -0.4 is 4.74 Å². The number of oxime groups is 1. The van der Waals surface area contributed by atoms with Crippen LogP contribution in [0.5, 0.6) is 5.75 Å². The summed E-state index contributed by atoms with van der Waals surface area (Å²) in [6.07, 6.45) is 0.749. The van der Waals surface area contributed by atoms with Crippen LogP contribution in [0.2, 0.25) is 0 Å². The van der Waals surface area contributed by atoms with Gasteiger partial charge in [0.2, 0.25) is 0 Å². The summed E-state index contributed by atoms with van der Waals surface area (Å²) in [7, 11) is 0. The highest BCUT2D eigenvalue weighted by atomic mass is 16.6. The first-order chi connectivity index (χ1) is 13.3. The van der Waals surface area contributed by atoms with Gasteiger partial charge in [-0.05, 0) is 40.7 Å². The number of carboxylic acid groups (broad SMARTS) is 1. The zero-order valence-electron chi connectivity index (χ0n) is 17.1. The smallest absolute Gasteiger partial charge is 0.307 e. The van der Waals surface area contributed by atoms with Gasteiger partial charge in [0.05, 0.1) is 12.1 Å². The van der Waals surface area contributed by atoms with Gasteiger partial charge in [-0.3, -0.25) is 4.79 Å². The molecule has 0 atom stereocenters. The van der Waals surface area contributed by atoms with Gasteiger partial charge in [-0.2, -0.15) is 0 Å². The summed E-state index contributed by atoms with van der Waals surface area (Å²) in [6, 6.07) is 15.5. The fraction of sp³-hybridized carbons (Fsp3) is 0.391. The topological polar surface area (TPSA) is 68.1 Å². The van der Waals surface area contributed by atoms with E-state index in [0.717, 1.165) is 17.7 Å². The van der Waals surface area contributed by atoms with Gasteiger partial charge >= 0.3 is 5.97 Å². The number of nitrogens with zero attached hydrogens (tertiary/aromatic N) is 1. The van der Waals surface area contributed by atoms with Crippen molar-refractivity contribution in [3.63, 3.8) is 0 Å². The zero-order chi connectivity index (χ0) is 20.6. The number of rotatable bonds is 9. The molecule has 0 aromatic heterocycles. The Kier molecular flexibility index (Phi) is 7.61. The molecule has 0 bridgehead atoms. The van der Waals surface area contributed by atoms with Gasteiger partial charge in [-0.1, -0.05) is 69.2 Å². The minimum atomic E-state index is -0.863. The van der Waals surface area contributed by atoms with Crippen molar-refractivity contribution >= 4 is 11.7 Å². The molecule has 2 aromatic carbocycles. The lowest BCUT2D eigenvalue weighted by molar-refractivity contribution is -0.136. The van der Waals surface area contributed by atoms with Crippen LogP contribution in [-0.4, -0.2) is 30.0 Å². The van der Waals surface area contributed by atoms with Crippen molar-refractivity contribution in [3.8, 4) is 5.75 Å². The summed E-state index contributed by atoms with van der Waals surface area (Å²) in [4.78, 5) is 16.2. The first-order valence-electron chi connectivity index (χ1n) is 9.53. The maximum absolute atomic E-state index is 10.8. The van der Waals surface area contributed by atoms with Crippen molar-refractivity contribution in [1.29, 1.82) is 0 Å². The summed E-state index contributed by atoms with van der Waals surface area (Å²) < 4.78 is 5.62. The van der Waals surface area contributed by atoms with Crippen LogP contribution in [-0.2, 0) is 21.5 Å². The monoisotopic (exact) mass is 383 g/mol. The molecule has 0 aliphatic carbocycles. The number of benzene rings is 2. The van der Waals surface area contributed by atoms with Crippen molar-refractivity contribution in [2.24, 2.45) is 5.16 Å². The molecule has 28 heavy (non-hydrogen) atoms. The third-order valence-corrected chi connectivity index (χ3v) is 4.29. The molecule has 0 saturated heterocycles. The quantitative estimate of drug-likeness (QED) is 0.383. The Hall–Kier alpha value is -2.82. The Morgan fingerprint density at radius 3 is 2.39 bits per heavy atom. The number of ether oxygens (including phenoxy) is 1. The molecule has 0 radical (unpaired) electrons. The maximum Gasteiger partial charge on any atom is 0.307 e. The van der Waals surface area contributed by atoms with Gasteiger partial charge in [0.1, 0.15) is 12.4 Å². The van der Waals surface area contributed by atoms with E-state index < -0.39 is 5.97 Å². The molecule has 0 unspecified atom stereocenters. The lowest BCUT2D eigenvalue weighted by Gasteiger charge is -2.19. The van der Waals surface area contributed by atoms with Crippen LogP contribution in [0.3, 0.4) is 0 Å². The lowest BCUT2D eigenvalue weighted by Crippen LogP contribution is -2.11. The maximum atomic E-state index is 10.8. The number of hydrogen-bond donors (Lipinski definition) is 1. The molecule has 2 aromatic rings. The first-order valence-corrected chi connectivity index (χ1v) is 9.53. The highest BCUT2D eigenvalue weighted by Gasteiger charge is 2.13. The van der Waals surface area contributed by atoms with Crippen molar-refractivity contribution in [2.45, 2.75) is 46.0 Å². The predicted molar refractivity (Wildman–Crippen MR) is 111 cm³/mol. The summed E-state index contributed by atoms with van der Waals surface area (Å²) in [5.41, 5.74) is 4.06. The van der Waals surface area contributed by atoms with Crippen molar-refractivity contribution in [1.82, 2.24) is 0 Å². The van der Waals surface area contributed by atoms with Crippen LogP contribution in [0, 0.1) is 0 Å². The van der Waals surface area contributed by atoms with Gasteiger partial charge in [0, 0.05) is 0 Å². The van der Waals surface area contributed by atoms with Crippen LogP contribution in [0.15, 0.2) is 53.7 Å². The van der Waals surface area contributed by atoms with E-state index in [2.05, 4.69) is 50.2 Å². The number of aliphatic carboxylic acids is 1. The molecule has 0 heterocycles. The van der Waals surface area contributed by atoms with Crippen LogP contribution in [0.25, 0.3) is 0 Å². The summed E-state index contributed by atoms with van der Waals surface area (Å²) in [5.74, 6) is -0.239. The average molecular weight is 383 g/mol. The molecular formula is C23H29NO4. The Morgan fingerprint density at radius 1 is 1.07 bits per heavy atom. The largest absolute Gasteiger partial charge is 0.490 e. The molecule has 0 spiro atoms. The minimum Gasteiger partial charge on any atom is -0.490 e. The van der Waals surface area contributed by atoms with E-state index in [9.17, 15) is 4.79 Å². The normalized spacial score (nSPS) is 11.9. The van der Waals surface area contributed by atoms with Gasteiger partial charge in [0.15, 0.2) is 6.61 Å². The van der Waals surface area contributed by atoms with Crippen molar-refractivity contribution in [2.75, 3.05) is 13.2 Å². The van der Waals surface area contributed by atoms with Gasteiger partial charge in [-0.25, -0.2) is 0 Å². The van der Waals surface area contributed by atoms with E-state index in [1.807, 2.05) is 6.92 Å². The highest BCUT2D eigenvalue weighted by Crippen LogP contribution is 2.22. The minimum absolute atomic E-state index is 0.0220. The molecule has 150 valence electrons. The first kappa shape index (κ1) is 21.5. The van der Waals surface area contributed by atoms with Gasteiger partial charge < -0.3 is 14.7 Å². The molecule has 5 heteroatoms. The zero-order valence-corrected chi connectivity index (χ0v) is 17.1. The van der Waals surface area contributed by atoms with E-state index in [0.29, 0.717) is 24.5 Å². The molecule has 0 saturated carbocycles. The SMILES string of the molecule is CC/C(=N\OCCOc1cccc(CC(=O)O)c1)c1ccc(C(C)(C)C)cc1. The number of hydrogen-bond acceptors (Lipinski definition) is 4. The Bertz CT molecular complexity index is 804. The third-order valence-electron chi connectivity index (χ3n) is 4.29. The van der Waals surface area contributed by atoms with Crippen LogP contribution >= 0.6 is 0 Å². The molecule has 2 rings (SSSR count). The molecule has 0 amide bonds. The fourth-order valence-electron chi connectivity index (χ4n) is 2.72. The predicted octanol–water partition coefficient (Wildman–Crippen LogP) is 4.82. The highest BCUT2D eigenvalue weighted by molar-refractivity contribution is 6.00. The number of carboxylic acids is 1. The van der Waals surface area contributed by atoms with E-state index in [1.165, 1.54) is 5.56 Å². The molecule has 0 fully saturated rings. The molecule has 1 N–H and O–H groups in total. The second-order valence-electron chi connectivity index (χ2n) is 7.62. The Morgan fingerprint density at radius 2 is 1.79 bits per heavy atom. The Labute approximate surface area is 167 Å². The summed E-state index contributed by atoms with van der Waals surface area (Å²) in [5, 5.41) is 13.1. The standard InChI is InChI=1S/C23H29NO4/c1-5-21(18-9-11-19(12-10-18)23(2,3)4)24-28-14-13-27-20-8-6-7-17(15-20)16-22(25)26/h6-12,15H,5,13-14,16H2,1-4H3,(H,25,26)/b24-21+. The summed E-state index contributed by atoms with van der Waals surface area (Å²) in [6.45, 7) is 9.27. The van der Waals surface area contributed by atoms with Crippen molar-refractivity contribution in [3.05, 3.63) is 65.2 Å². The van der Waals surface area contributed by atoms with Crippen molar-refractivity contribution < 1.29 is 19.5 Å². The van der Waals surface area contributed by atoms with Crippen LogP contribution in [0.4, 0.5) is 0 Å². The van der Waals surface area contributed by atoms with Gasteiger partial charge in [-0.15, -0.1) is 0 Å². The fourth-order valence-corrected chi connectivity index (χ4v) is 2.72. The van der Waals surface area contributed by atoms with Gasteiger partial charge in [0.25, 0.3) is 0 Å².